The van der Waals surface area contributed by atoms with Gasteiger partial charge in [-0.25, -0.2) is 29.1 Å². The van der Waals surface area contributed by atoms with Gasteiger partial charge in [-0.05, 0) is 187 Å². The van der Waals surface area contributed by atoms with E-state index in [1.54, 1.807) is 62.3 Å². The number of carbonyl (C=O) groups excluding carboxylic acids is 4. The number of rotatable bonds is 18. The molecule has 2 N–H and O–H groups in total. The first-order chi connectivity index (χ1) is 41.6. The Hall–Kier alpha value is -10.2. The van der Waals surface area contributed by atoms with E-state index in [0.29, 0.717) is 45.8 Å². The van der Waals surface area contributed by atoms with Gasteiger partial charge in [0.15, 0.2) is 26.4 Å². The molecule has 16 nitrogen and oxygen atoms in total. The Morgan fingerprint density at radius 1 is 0.345 bits per heavy atom. The summed E-state index contributed by atoms with van der Waals surface area (Å²) in [4.78, 5) is 69.1. The number of carbonyl (C=O) groups is 4. The van der Waals surface area contributed by atoms with E-state index >= 15 is 0 Å². The van der Waals surface area contributed by atoms with Crippen LogP contribution in [0.25, 0.3) is 90.9 Å². The lowest BCUT2D eigenvalue weighted by Crippen LogP contribution is -2.27. The number of H-pyrrole nitrogens is 2. The summed E-state index contributed by atoms with van der Waals surface area (Å²) in [5.74, 6) is -0.0625. The summed E-state index contributed by atoms with van der Waals surface area (Å²) in [5.41, 5.74) is 10.7. The SMILES string of the molecule is CC(C)(C)OC(=O)COc1ccc(-c2c3nc(c(-c4ccc(OCC(=O)OC(C)(C)C)cc4)c4ccc([nH]4)c(-c4ccc(OCC(=O)OC(C)(C)C)cc4)c4nc(c(-c5ccc(OCC(=O)OCc6ccccc6)cc5)c5ccc2[nH]5)C=C4)C=C3)cc1. The van der Waals surface area contributed by atoms with Crippen molar-refractivity contribution in [3.63, 3.8) is 0 Å². The molecular weight excluding hydrogens is 1100 g/mol. The van der Waals surface area contributed by atoms with Crippen molar-refractivity contribution in [3.8, 4) is 67.5 Å². The van der Waals surface area contributed by atoms with Crippen molar-refractivity contribution in [2.45, 2.75) is 85.7 Å². The number of esters is 4. The highest BCUT2D eigenvalue weighted by molar-refractivity contribution is 6.00. The molecule has 0 aliphatic carbocycles. The van der Waals surface area contributed by atoms with E-state index in [-0.39, 0.29) is 33.0 Å². The Labute approximate surface area is 504 Å². The van der Waals surface area contributed by atoms with E-state index in [9.17, 15) is 19.2 Å². The molecule has 3 aromatic heterocycles. The molecule has 0 unspecified atom stereocenters. The highest BCUT2D eigenvalue weighted by Gasteiger charge is 2.23. The molecular formula is C71H68N4O12. The van der Waals surface area contributed by atoms with Crippen LogP contribution in [0.4, 0.5) is 0 Å². The maximum Gasteiger partial charge on any atom is 0.344 e. The molecule has 0 saturated carbocycles. The third-order valence-corrected chi connectivity index (χ3v) is 13.3. The molecule has 8 aromatic rings. The second-order valence-electron chi connectivity index (χ2n) is 23.7. The van der Waals surface area contributed by atoms with E-state index in [1.165, 1.54) is 0 Å². The number of aromatic amines is 2. The van der Waals surface area contributed by atoms with E-state index in [1.807, 2.05) is 176 Å². The molecule has 2 aliphatic rings. The van der Waals surface area contributed by atoms with Crippen LogP contribution >= 0.6 is 0 Å². The van der Waals surface area contributed by atoms with Gasteiger partial charge in [0, 0.05) is 44.3 Å². The van der Waals surface area contributed by atoms with Gasteiger partial charge in [-0.2, -0.15) is 0 Å². The number of hydrogen-bond donors (Lipinski definition) is 2. The molecule has 0 amide bonds. The number of nitrogens with one attached hydrogen (secondary N) is 2. The third kappa shape index (κ3) is 15.8. The van der Waals surface area contributed by atoms with Gasteiger partial charge in [0.25, 0.3) is 0 Å². The summed E-state index contributed by atoms with van der Waals surface area (Å²) in [6.07, 6.45) is 7.92. The molecule has 8 bridgehead atoms. The molecule has 2 aliphatic heterocycles. The van der Waals surface area contributed by atoms with Gasteiger partial charge in [0.2, 0.25) is 0 Å². The number of fused-ring (bicyclic) bond motifs is 8. The summed E-state index contributed by atoms with van der Waals surface area (Å²) in [6, 6.07) is 47.3. The Kier molecular flexibility index (Phi) is 17.6. The Morgan fingerprint density at radius 3 is 0.874 bits per heavy atom. The first-order valence-corrected chi connectivity index (χ1v) is 28.5. The van der Waals surface area contributed by atoms with Crippen LogP contribution in [0.15, 0.2) is 152 Å². The minimum Gasteiger partial charge on any atom is -0.482 e. The number of hydrogen-bond acceptors (Lipinski definition) is 14. The predicted molar refractivity (Wildman–Crippen MR) is 336 cm³/mol. The zero-order valence-corrected chi connectivity index (χ0v) is 50.1. The van der Waals surface area contributed by atoms with Crippen LogP contribution in [0.5, 0.6) is 23.0 Å². The highest BCUT2D eigenvalue weighted by Crippen LogP contribution is 2.40. The van der Waals surface area contributed by atoms with Crippen LogP contribution in [-0.2, 0) is 44.7 Å². The fourth-order valence-electron chi connectivity index (χ4n) is 9.75. The lowest BCUT2D eigenvalue weighted by atomic mass is 10.0. The summed E-state index contributed by atoms with van der Waals surface area (Å²) in [7, 11) is 0. The van der Waals surface area contributed by atoms with E-state index < -0.39 is 40.7 Å². The lowest BCUT2D eigenvalue weighted by molar-refractivity contribution is -0.158. The molecule has 0 atom stereocenters. The van der Waals surface area contributed by atoms with Gasteiger partial charge in [-0.1, -0.05) is 78.9 Å². The number of aromatic nitrogens is 4. The van der Waals surface area contributed by atoms with Crippen molar-refractivity contribution in [2.75, 3.05) is 26.4 Å². The van der Waals surface area contributed by atoms with Gasteiger partial charge < -0.3 is 47.9 Å². The largest absolute Gasteiger partial charge is 0.482 e. The summed E-state index contributed by atoms with van der Waals surface area (Å²) >= 11 is 0. The maximum atomic E-state index is 12.8. The molecule has 0 spiro atoms. The van der Waals surface area contributed by atoms with Crippen LogP contribution in [0.2, 0.25) is 0 Å². The molecule has 5 aromatic carbocycles. The van der Waals surface area contributed by atoms with Crippen LogP contribution in [0.1, 0.15) is 90.7 Å². The molecule has 0 fully saturated rings. The second kappa shape index (κ2) is 25.6. The van der Waals surface area contributed by atoms with Crippen LogP contribution in [0.3, 0.4) is 0 Å². The molecule has 0 radical (unpaired) electrons. The summed E-state index contributed by atoms with van der Waals surface area (Å²) in [6.45, 7) is 15.3. The summed E-state index contributed by atoms with van der Waals surface area (Å²) < 4.78 is 45.6. The van der Waals surface area contributed by atoms with Crippen LogP contribution in [-0.4, -0.2) is 87.0 Å². The standard InChI is InChI=1S/C71H68N4O12/c1-69(2,3)85-62(77)41-81-50-25-17-46(18-26-50)66-55-33-31-53(72-55)65(45-15-23-49(24-16-45)80-40-61(76)84-39-44-13-11-10-12-14-44)54-32-34-56(73-54)67(47-19-27-51(28-20-47)82-42-63(78)86-70(4,5)6)58-36-38-60(75-58)68(59-37-35-57(66)74-59)48-21-29-52(30-22-48)83-43-64(79)87-71(7,8)9/h10-38,72,75H,39-43H2,1-9H3. The topological polar surface area (TPSA) is 199 Å². The highest BCUT2D eigenvalue weighted by atomic mass is 16.6. The first kappa shape index (κ1) is 59.9. The van der Waals surface area contributed by atoms with Crippen molar-refractivity contribution >= 4 is 70.2 Å². The monoisotopic (exact) mass is 1170 g/mol. The van der Waals surface area contributed by atoms with Crippen molar-refractivity contribution < 1.29 is 57.1 Å². The quantitative estimate of drug-likeness (QED) is 0.0607. The third-order valence-electron chi connectivity index (χ3n) is 13.3. The summed E-state index contributed by atoms with van der Waals surface area (Å²) in [5, 5.41) is 0. The fraction of sp³-hybridized carbons (Fsp3) is 0.239. The van der Waals surface area contributed by atoms with Crippen LogP contribution < -0.4 is 18.9 Å². The predicted octanol–water partition coefficient (Wildman–Crippen LogP) is 14.6. The molecule has 0 saturated heterocycles. The average Bonchev–Trinajstić information content (AvgIpc) is 2.60. The molecule has 5 heterocycles. The first-order valence-electron chi connectivity index (χ1n) is 28.5. The molecule has 10 rings (SSSR count). The zero-order valence-electron chi connectivity index (χ0n) is 50.1. The molecule has 87 heavy (non-hydrogen) atoms. The molecule has 444 valence electrons. The second-order valence-corrected chi connectivity index (χ2v) is 23.7. The number of benzene rings is 5. The van der Waals surface area contributed by atoms with E-state index in [2.05, 4.69) is 9.97 Å². The number of nitrogens with zero attached hydrogens (tertiary/aromatic N) is 2. The van der Waals surface area contributed by atoms with Crippen molar-refractivity contribution in [1.82, 2.24) is 19.9 Å². The van der Waals surface area contributed by atoms with Gasteiger partial charge >= 0.3 is 23.9 Å². The Morgan fingerprint density at radius 2 is 0.609 bits per heavy atom. The van der Waals surface area contributed by atoms with Gasteiger partial charge in [-0.3, -0.25) is 0 Å². The zero-order chi connectivity index (χ0) is 61.5. The lowest BCUT2D eigenvalue weighted by Gasteiger charge is -2.19. The van der Waals surface area contributed by atoms with E-state index in [0.717, 1.165) is 72.1 Å². The van der Waals surface area contributed by atoms with Crippen molar-refractivity contribution in [2.24, 2.45) is 0 Å². The van der Waals surface area contributed by atoms with Crippen molar-refractivity contribution in [3.05, 3.63) is 180 Å². The van der Waals surface area contributed by atoms with E-state index in [4.69, 9.17) is 47.9 Å². The molecule has 16 heteroatoms. The Balaban J connectivity index is 1.13. The minimum atomic E-state index is -0.665. The number of ether oxygens (including phenoxy) is 8. The van der Waals surface area contributed by atoms with Crippen molar-refractivity contribution in [1.29, 1.82) is 0 Å². The average molecular weight is 1170 g/mol. The normalized spacial score (nSPS) is 12.1. The maximum absolute atomic E-state index is 12.8. The Bertz CT molecular complexity index is 3990. The van der Waals surface area contributed by atoms with Gasteiger partial charge in [0.05, 0.1) is 22.8 Å². The van der Waals surface area contributed by atoms with Gasteiger partial charge in [0.1, 0.15) is 46.4 Å². The van der Waals surface area contributed by atoms with Gasteiger partial charge in [-0.15, -0.1) is 0 Å². The smallest absolute Gasteiger partial charge is 0.344 e. The fourth-order valence-corrected chi connectivity index (χ4v) is 9.75. The minimum absolute atomic E-state index is 0.135. The van der Waals surface area contributed by atoms with Crippen LogP contribution in [0, 0.1) is 0 Å².